The molecule has 0 fully saturated rings. The topological polar surface area (TPSA) is 58.6 Å². The van der Waals surface area contributed by atoms with Gasteiger partial charge >= 0.3 is 100 Å². The number of hydroxylamine groups is 2. The Morgan fingerprint density at radius 1 is 1.47 bits per heavy atom. The Bertz CT molecular complexity index is 372. The Morgan fingerprint density at radius 2 is 2.12 bits per heavy atom. The predicted octanol–water partition coefficient (Wildman–Crippen LogP) is 0.344. The normalized spacial score (nSPS) is 11.6. The van der Waals surface area contributed by atoms with Crippen LogP contribution in [0.3, 0.4) is 0 Å². The number of benzene rings is 1. The Balaban J connectivity index is 2.87. The van der Waals surface area contributed by atoms with E-state index in [-0.39, 0.29) is 12.4 Å². The van der Waals surface area contributed by atoms with Crippen LogP contribution < -0.4 is 5.32 Å². The standard InChI is InChI=1S/C11H15BN2O3/c1-14(17-2)11(15)10(13-8-12-16)9-6-4-3-5-7-9/h3-7,10,13H,8H2,1-2H3. The molecule has 0 aliphatic rings. The SMILES string of the molecule is CON(C)C(=O)C(NCB=O)c1ccccc1. The van der Waals surface area contributed by atoms with Crippen molar-refractivity contribution >= 4 is 13.1 Å². The average molecular weight is 234 g/mol. The molecule has 6 heteroatoms. The van der Waals surface area contributed by atoms with Gasteiger partial charge in [-0.2, -0.15) is 0 Å². The number of likely N-dealkylation sites (N-methyl/N-ethyl adjacent to an activating group) is 1. The fourth-order valence-corrected chi connectivity index (χ4v) is 1.43. The van der Waals surface area contributed by atoms with E-state index in [9.17, 15) is 9.50 Å². The Labute approximate surface area is 101 Å². The number of amides is 1. The first kappa shape index (κ1) is 13.5. The Hall–Kier alpha value is -1.53. The molecule has 0 aliphatic heterocycles. The first-order chi connectivity index (χ1) is 8.20. The van der Waals surface area contributed by atoms with Gasteiger partial charge in [-0.05, 0) is 0 Å². The maximum atomic E-state index is 12.0. The van der Waals surface area contributed by atoms with Crippen molar-refractivity contribution in [2.75, 3.05) is 20.6 Å². The monoisotopic (exact) mass is 234 g/mol. The van der Waals surface area contributed by atoms with Crippen LogP contribution >= 0.6 is 0 Å². The second-order valence-electron chi connectivity index (χ2n) is 3.44. The number of rotatable bonds is 6. The van der Waals surface area contributed by atoms with Gasteiger partial charge in [0.15, 0.2) is 0 Å². The summed E-state index contributed by atoms with van der Waals surface area (Å²) in [5.41, 5.74) is 0.795. The molecule has 0 heterocycles. The number of carbonyl (C=O) groups is 1. The molecule has 1 aromatic rings. The van der Waals surface area contributed by atoms with Gasteiger partial charge in [0.1, 0.15) is 0 Å². The van der Waals surface area contributed by atoms with E-state index in [0.29, 0.717) is 0 Å². The molecular weight excluding hydrogens is 219 g/mol. The molecule has 0 aromatic heterocycles. The van der Waals surface area contributed by atoms with Crippen LogP contribution in [0.15, 0.2) is 30.3 Å². The van der Waals surface area contributed by atoms with Gasteiger partial charge in [0.25, 0.3) is 0 Å². The van der Waals surface area contributed by atoms with Crippen LogP contribution in [0.5, 0.6) is 0 Å². The van der Waals surface area contributed by atoms with Gasteiger partial charge in [-0.25, -0.2) is 0 Å². The van der Waals surface area contributed by atoms with E-state index in [2.05, 4.69) is 5.32 Å². The summed E-state index contributed by atoms with van der Waals surface area (Å²) in [6, 6.07) is 8.61. The first-order valence-corrected chi connectivity index (χ1v) is 5.24. The molecule has 1 N–H and O–H groups in total. The van der Waals surface area contributed by atoms with Gasteiger partial charge in [-0.15, -0.1) is 0 Å². The molecule has 1 rings (SSSR count). The van der Waals surface area contributed by atoms with E-state index in [4.69, 9.17) is 4.84 Å². The molecule has 0 spiro atoms. The summed E-state index contributed by atoms with van der Waals surface area (Å²) in [4.78, 5) is 16.9. The number of carbonyl (C=O) groups excluding carboxylic acids is 1. The summed E-state index contributed by atoms with van der Waals surface area (Å²) in [5, 5.41) is 4.00. The minimum atomic E-state index is -0.577. The number of hydrogen-bond donors (Lipinski definition) is 1. The van der Waals surface area contributed by atoms with E-state index < -0.39 is 6.04 Å². The van der Waals surface area contributed by atoms with Crippen molar-refractivity contribution in [2.45, 2.75) is 6.04 Å². The van der Waals surface area contributed by atoms with Crippen LogP contribution in [0.25, 0.3) is 0 Å². The quantitative estimate of drug-likeness (QED) is 0.569. The zero-order valence-corrected chi connectivity index (χ0v) is 9.92. The van der Waals surface area contributed by atoms with Crippen LogP contribution in [-0.4, -0.2) is 38.7 Å². The number of nitrogens with zero attached hydrogens (tertiary/aromatic N) is 1. The summed E-state index contributed by atoms with van der Waals surface area (Å²) in [6.07, 6.45) is 0.114. The molecule has 0 saturated heterocycles. The summed E-state index contributed by atoms with van der Waals surface area (Å²) in [7, 11) is 3.66. The minimum absolute atomic E-state index is 0.114. The van der Waals surface area contributed by atoms with Gasteiger partial charge in [0, 0.05) is 0 Å². The Kier molecular flexibility index (Phi) is 5.52. The first-order valence-electron chi connectivity index (χ1n) is 5.24. The van der Waals surface area contributed by atoms with Crippen LogP contribution in [-0.2, 0) is 14.3 Å². The van der Waals surface area contributed by atoms with E-state index >= 15 is 0 Å². The fourth-order valence-electron chi connectivity index (χ4n) is 1.43. The third kappa shape index (κ3) is 3.76. The summed E-state index contributed by atoms with van der Waals surface area (Å²) in [6.45, 7) is 0. The van der Waals surface area contributed by atoms with Gasteiger partial charge < -0.3 is 0 Å². The summed E-state index contributed by atoms with van der Waals surface area (Å²) < 4.78 is 10.4. The number of nitrogens with one attached hydrogen (secondary N) is 1. The van der Waals surface area contributed by atoms with Gasteiger partial charge in [-0.1, -0.05) is 0 Å². The molecule has 1 amide bonds. The zero-order valence-electron chi connectivity index (χ0n) is 9.92. The molecule has 90 valence electrons. The fraction of sp³-hybridized carbons (Fsp3) is 0.364. The molecular formula is C11H15BN2O3. The van der Waals surface area contributed by atoms with Crippen molar-refractivity contribution in [3.8, 4) is 0 Å². The molecule has 17 heavy (non-hydrogen) atoms. The van der Waals surface area contributed by atoms with Crippen LogP contribution in [0.4, 0.5) is 0 Å². The third-order valence-electron chi connectivity index (χ3n) is 2.37. The molecule has 0 saturated carbocycles. The second kappa shape index (κ2) is 6.93. The van der Waals surface area contributed by atoms with Gasteiger partial charge in [0.2, 0.25) is 0 Å². The molecule has 0 radical (unpaired) electrons. The third-order valence-corrected chi connectivity index (χ3v) is 2.37. The molecule has 5 nitrogen and oxygen atoms in total. The molecule has 1 unspecified atom stereocenters. The van der Waals surface area contributed by atoms with Crippen molar-refractivity contribution in [3.05, 3.63) is 35.9 Å². The van der Waals surface area contributed by atoms with Crippen molar-refractivity contribution in [1.82, 2.24) is 10.4 Å². The van der Waals surface area contributed by atoms with E-state index in [1.54, 1.807) is 0 Å². The van der Waals surface area contributed by atoms with Crippen molar-refractivity contribution in [2.24, 2.45) is 0 Å². The average Bonchev–Trinajstić information content (AvgIpc) is 2.39. The summed E-state index contributed by atoms with van der Waals surface area (Å²) >= 11 is 0. The number of hydrogen-bond acceptors (Lipinski definition) is 4. The summed E-state index contributed by atoms with van der Waals surface area (Å²) in [5.74, 6) is -0.249. The van der Waals surface area contributed by atoms with Gasteiger partial charge in [0.05, 0.1) is 0 Å². The van der Waals surface area contributed by atoms with Gasteiger partial charge in [-0.3, -0.25) is 0 Å². The van der Waals surface area contributed by atoms with E-state index in [1.165, 1.54) is 14.2 Å². The van der Waals surface area contributed by atoms with E-state index in [0.717, 1.165) is 17.8 Å². The van der Waals surface area contributed by atoms with Crippen LogP contribution in [0, 0.1) is 0 Å². The van der Waals surface area contributed by atoms with Crippen molar-refractivity contribution < 1.29 is 14.3 Å². The second-order valence-corrected chi connectivity index (χ2v) is 3.44. The molecule has 0 bridgehead atoms. The van der Waals surface area contributed by atoms with Crippen LogP contribution in [0.1, 0.15) is 11.6 Å². The predicted molar refractivity (Wildman–Crippen MR) is 63.4 cm³/mol. The van der Waals surface area contributed by atoms with E-state index in [1.807, 2.05) is 30.3 Å². The zero-order chi connectivity index (χ0) is 12.7. The Morgan fingerprint density at radius 3 is 2.65 bits per heavy atom. The maximum absolute atomic E-state index is 12.0. The molecule has 1 atom stereocenters. The van der Waals surface area contributed by atoms with Crippen molar-refractivity contribution in [1.29, 1.82) is 0 Å². The van der Waals surface area contributed by atoms with Crippen LogP contribution in [0.2, 0.25) is 0 Å². The van der Waals surface area contributed by atoms with Crippen molar-refractivity contribution in [3.63, 3.8) is 0 Å². The molecule has 0 aliphatic carbocycles. The molecule has 1 aromatic carbocycles.